The molecule has 3 heterocycles. The van der Waals surface area contributed by atoms with Gasteiger partial charge in [0.25, 0.3) is 0 Å². The van der Waals surface area contributed by atoms with Crippen LogP contribution in [0.4, 0.5) is 0 Å². The van der Waals surface area contributed by atoms with Crippen LogP contribution in [0.5, 0.6) is 11.5 Å². The Morgan fingerprint density at radius 2 is 1.47 bits per heavy atom. The fraction of sp³-hybridized carbons (Fsp3) is 0.448. The number of hydrogen-bond acceptors (Lipinski definition) is 14. The molecule has 230 valence electrons. The third-order valence-electron chi connectivity index (χ3n) is 8.25. The van der Waals surface area contributed by atoms with E-state index in [4.69, 9.17) is 28.4 Å². The average molecular weight is 603 g/mol. The molecule has 3 fully saturated rings. The first-order chi connectivity index (χ1) is 20.6. The fourth-order valence-electron chi connectivity index (χ4n) is 5.90. The Morgan fingerprint density at radius 3 is 2.09 bits per heavy atom. The number of aromatic hydroxyl groups is 2. The number of carbonyl (C=O) groups is 2. The number of hydrogen-bond donors (Lipinski definition) is 6. The van der Waals surface area contributed by atoms with Gasteiger partial charge in [0.15, 0.2) is 6.29 Å². The Bertz CT molecular complexity index is 1360. The summed E-state index contributed by atoms with van der Waals surface area (Å²) in [5.41, 5.74) is -0.875. The number of esters is 2. The number of phenols is 2. The molecule has 2 saturated heterocycles. The fourth-order valence-corrected chi connectivity index (χ4v) is 5.90. The molecule has 14 nitrogen and oxygen atoms in total. The highest BCUT2D eigenvalue weighted by atomic mass is 16.8. The van der Waals surface area contributed by atoms with E-state index >= 15 is 0 Å². The first-order valence-electron chi connectivity index (χ1n) is 13.5. The van der Waals surface area contributed by atoms with Gasteiger partial charge in [0, 0.05) is 5.92 Å². The zero-order valence-corrected chi connectivity index (χ0v) is 22.4. The van der Waals surface area contributed by atoms with Crippen molar-refractivity contribution in [2.45, 2.75) is 54.8 Å². The van der Waals surface area contributed by atoms with Crippen LogP contribution in [0.2, 0.25) is 0 Å². The van der Waals surface area contributed by atoms with E-state index in [9.17, 15) is 40.2 Å². The van der Waals surface area contributed by atoms with Crippen molar-refractivity contribution >= 4 is 11.9 Å². The predicted molar refractivity (Wildman–Crippen MR) is 139 cm³/mol. The lowest BCUT2D eigenvalue weighted by Gasteiger charge is -2.43. The number of phenolic OH excluding ortho intramolecular Hbond substituents is 2. The largest absolute Gasteiger partial charge is 0.508 e. The molecule has 1 saturated carbocycles. The Balaban J connectivity index is 1.14. The maximum absolute atomic E-state index is 12.8. The SMILES string of the molecule is O=C(OC[C@@H]1O[C@H](O[C@H]2OC=C[C@@H]3[C@@H](OC(=O)c4ccc(O)cc4)[C@H]4O[C@@]4(CO)[C@H]23)[C@@H](O)[C@H](O)[C@H]1O)c1ccc(O)cc1. The van der Waals surface area contributed by atoms with E-state index < -0.39 is 91.8 Å². The van der Waals surface area contributed by atoms with E-state index in [2.05, 4.69) is 0 Å². The summed E-state index contributed by atoms with van der Waals surface area (Å²) in [4.78, 5) is 25.2. The van der Waals surface area contributed by atoms with E-state index in [1.165, 1.54) is 54.8 Å². The maximum Gasteiger partial charge on any atom is 0.338 e. The van der Waals surface area contributed by atoms with Crippen molar-refractivity contribution in [3.8, 4) is 11.5 Å². The van der Waals surface area contributed by atoms with Gasteiger partial charge in [-0.15, -0.1) is 0 Å². The maximum atomic E-state index is 12.8. The smallest absolute Gasteiger partial charge is 0.338 e. The average Bonchev–Trinajstić information content (AvgIpc) is 3.68. The number of fused-ring (bicyclic) bond motifs is 3. The summed E-state index contributed by atoms with van der Waals surface area (Å²) >= 11 is 0. The highest BCUT2D eigenvalue weighted by molar-refractivity contribution is 5.90. The van der Waals surface area contributed by atoms with E-state index in [-0.39, 0.29) is 22.6 Å². The number of rotatable bonds is 8. The molecule has 2 aromatic carbocycles. The molecule has 0 spiro atoms. The second kappa shape index (κ2) is 11.4. The van der Waals surface area contributed by atoms with Gasteiger partial charge < -0.3 is 59.1 Å². The number of epoxide rings is 1. The number of aliphatic hydroxyl groups is 4. The highest BCUT2D eigenvalue weighted by Crippen LogP contribution is 2.60. The van der Waals surface area contributed by atoms with Crippen LogP contribution in [0.25, 0.3) is 0 Å². The third kappa shape index (κ3) is 5.31. The van der Waals surface area contributed by atoms with Crippen LogP contribution in [0, 0.1) is 11.8 Å². The molecule has 6 rings (SSSR count). The molecule has 14 heteroatoms. The molecule has 0 aromatic heterocycles. The molecule has 1 aliphatic carbocycles. The Labute approximate surface area is 244 Å². The van der Waals surface area contributed by atoms with Crippen molar-refractivity contribution in [1.82, 2.24) is 0 Å². The van der Waals surface area contributed by atoms with Crippen molar-refractivity contribution in [1.29, 1.82) is 0 Å². The van der Waals surface area contributed by atoms with Gasteiger partial charge in [-0.1, -0.05) is 0 Å². The summed E-state index contributed by atoms with van der Waals surface area (Å²) in [7, 11) is 0. The molecule has 0 unspecified atom stereocenters. The molecule has 3 aliphatic heterocycles. The summed E-state index contributed by atoms with van der Waals surface area (Å²) in [6.45, 7) is -0.975. The molecule has 11 atom stereocenters. The Kier molecular flexibility index (Phi) is 7.76. The standard InChI is InChI=1S/C29H30O14/c30-12-29-19-17(23(24(29)43-29)41-26(37)14-3-7-16(32)8-4-14)9-10-38-27(19)42-28-22(35)21(34)20(33)18(40-28)11-39-25(36)13-1-5-15(31)6-2-13/h1-10,17-24,27-28,30-35H,11-12H2/t17-,18-,19-,20-,21+,22-,23+,24+,27+,28+,29-/m0/s1. The van der Waals surface area contributed by atoms with E-state index in [0.29, 0.717) is 0 Å². The van der Waals surface area contributed by atoms with Gasteiger partial charge in [0.1, 0.15) is 60.3 Å². The number of carbonyl (C=O) groups excluding carboxylic acids is 2. The van der Waals surface area contributed by atoms with Crippen LogP contribution in [-0.4, -0.2) is 111 Å². The van der Waals surface area contributed by atoms with Gasteiger partial charge >= 0.3 is 11.9 Å². The second-order valence-corrected chi connectivity index (χ2v) is 10.8. The van der Waals surface area contributed by atoms with Crippen molar-refractivity contribution in [3.63, 3.8) is 0 Å². The van der Waals surface area contributed by atoms with Gasteiger partial charge in [0.05, 0.1) is 29.9 Å². The van der Waals surface area contributed by atoms with Crippen LogP contribution < -0.4 is 0 Å². The van der Waals surface area contributed by atoms with Crippen LogP contribution >= 0.6 is 0 Å². The van der Waals surface area contributed by atoms with Crippen LogP contribution in [-0.2, 0) is 28.4 Å². The minimum Gasteiger partial charge on any atom is -0.508 e. The number of ether oxygens (including phenoxy) is 6. The summed E-state index contributed by atoms with van der Waals surface area (Å²) < 4.78 is 34.1. The highest BCUT2D eigenvalue weighted by Gasteiger charge is 2.77. The van der Waals surface area contributed by atoms with Crippen molar-refractivity contribution in [2.75, 3.05) is 13.2 Å². The summed E-state index contributed by atoms with van der Waals surface area (Å²) in [6.07, 6.45) is -7.77. The lowest BCUT2D eigenvalue weighted by atomic mass is 9.85. The quantitative estimate of drug-likeness (QED) is 0.167. The topological polar surface area (TPSA) is 214 Å². The molecule has 0 amide bonds. The molecule has 2 aromatic rings. The minimum absolute atomic E-state index is 0.0165. The van der Waals surface area contributed by atoms with Gasteiger partial charge in [-0.2, -0.15) is 0 Å². The monoisotopic (exact) mass is 602 g/mol. The van der Waals surface area contributed by atoms with E-state index in [1.54, 1.807) is 6.08 Å². The van der Waals surface area contributed by atoms with Gasteiger partial charge in [0.2, 0.25) is 6.29 Å². The van der Waals surface area contributed by atoms with Crippen LogP contribution in [0.3, 0.4) is 0 Å². The summed E-state index contributed by atoms with van der Waals surface area (Å²) in [5, 5.41) is 60.9. The molecule has 0 radical (unpaired) electrons. The summed E-state index contributed by atoms with van der Waals surface area (Å²) in [5.74, 6) is -2.79. The first kappa shape index (κ1) is 29.3. The first-order valence-corrected chi connectivity index (χ1v) is 13.5. The van der Waals surface area contributed by atoms with E-state index in [0.717, 1.165) is 0 Å². The van der Waals surface area contributed by atoms with Crippen molar-refractivity contribution in [3.05, 3.63) is 72.0 Å². The normalized spacial score (nSPS) is 37.5. The van der Waals surface area contributed by atoms with Crippen molar-refractivity contribution < 1.29 is 68.6 Å². The summed E-state index contributed by atoms with van der Waals surface area (Å²) in [6, 6.07) is 10.8. The number of aliphatic hydroxyl groups excluding tert-OH is 4. The van der Waals surface area contributed by atoms with Gasteiger partial charge in [-0.05, 0) is 54.6 Å². The third-order valence-corrected chi connectivity index (χ3v) is 8.25. The lowest BCUT2D eigenvalue weighted by molar-refractivity contribution is -0.344. The molecule has 43 heavy (non-hydrogen) atoms. The second-order valence-electron chi connectivity index (χ2n) is 10.8. The Hall–Kier alpha value is -3.76. The molecule has 6 N–H and O–H groups in total. The lowest BCUT2D eigenvalue weighted by Crippen LogP contribution is -2.60. The zero-order valence-electron chi connectivity index (χ0n) is 22.4. The van der Waals surface area contributed by atoms with Crippen LogP contribution in [0.15, 0.2) is 60.9 Å². The molecule has 4 aliphatic rings. The zero-order chi connectivity index (χ0) is 30.5. The van der Waals surface area contributed by atoms with Crippen LogP contribution in [0.1, 0.15) is 20.7 Å². The van der Waals surface area contributed by atoms with Crippen molar-refractivity contribution in [2.24, 2.45) is 11.8 Å². The van der Waals surface area contributed by atoms with Gasteiger partial charge in [-0.3, -0.25) is 0 Å². The molecule has 0 bridgehead atoms. The predicted octanol–water partition coefficient (Wildman–Crippen LogP) is -0.450. The van der Waals surface area contributed by atoms with E-state index in [1.807, 2.05) is 0 Å². The minimum atomic E-state index is -1.75. The van der Waals surface area contributed by atoms with Gasteiger partial charge in [-0.25, -0.2) is 9.59 Å². The molecular weight excluding hydrogens is 572 g/mol. The Morgan fingerprint density at radius 1 is 0.837 bits per heavy atom. The molecular formula is C29H30O14. The number of benzene rings is 2.